The molecule has 4 unspecified atom stereocenters. The van der Waals surface area contributed by atoms with E-state index in [-0.39, 0.29) is 42.5 Å². The van der Waals surface area contributed by atoms with Crippen LogP contribution in [-0.2, 0) is 14.4 Å². The zero-order chi connectivity index (χ0) is 16.8. The third kappa shape index (κ3) is 2.64. The van der Waals surface area contributed by atoms with Gasteiger partial charge in [-0.25, -0.2) is 0 Å². The molecule has 5 nitrogen and oxygen atoms in total. The molecule has 4 rings (SSSR count). The Hall–Kier alpha value is -1.44. The summed E-state index contributed by atoms with van der Waals surface area (Å²) < 4.78 is 1.10. The average Bonchev–Trinajstić information content (AvgIpc) is 3.23. The maximum atomic E-state index is 12.6. The first-order valence-corrected chi connectivity index (χ1v) is 9.53. The average molecular weight is 438 g/mol. The molecule has 24 heavy (non-hydrogen) atoms. The smallest absolute Gasteiger partial charge is 0.233 e. The molecule has 1 aromatic carbocycles. The van der Waals surface area contributed by atoms with Gasteiger partial charge in [-0.15, -0.1) is 0 Å². The van der Waals surface area contributed by atoms with Crippen LogP contribution in [0, 0.1) is 27.2 Å². The van der Waals surface area contributed by atoms with Crippen molar-refractivity contribution in [3.63, 3.8) is 0 Å². The lowest BCUT2D eigenvalue weighted by molar-refractivity contribution is -0.140. The number of benzene rings is 1. The first kappa shape index (κ1) is 16.1. The highest BCUT2D eigenvalue weighted by Crippen LogP contribution is 2.56. The highest BCUT2D eigenvalue weighted by atomic mass is 127. The van der Waals surface area contributed by atoms with Crippen LogP contribution in [-0.4, -0.2) is 29.2 Å². The van der Waals surface area contributed by atoms with Crippen LogP contribution in [0.5, 0.6) is 0 Å². The molecule has 4 atom stereocenters. The fourth-order valence-corrected chi connectivity index (χ4v) is 5.02. The van der Waals surface area contributed by atoms with E-state index >= 15 is 0 Å². The Morgan fingerprint density at radius 2 is 1.67 bits per heavy atom. The third-order valence-electron chi connectivity index (χ3n) is 5.71. The van der Waals surface area contributed by atoms with Gasteiger partial charge < -0.3 is 5.32 Å². The number of hydrogen-bond donors (Lipinski definition) is 1. The van der Waals surface area contributed by atoms with Gasteiger partial charge in [0.25, 0.3) is 0 Å². The Kier molecular flexibility index (Phi) is 4.10. The van der Waals surface area contributed by atoms with Crippen molar-refractivity contribution in [2.45, 2.75) is 25.7 Å². The van der Waals surface area contributed by atoms with E-state index in [4.69, 9.17) is 0 Å². The van der Waals surface area contributed by atoms with E-state index in [1.807, 2.05) is 24.3 Å². The number of carbonyl (C=O) groups excluding carboxylic acids is 3. The summed E-state index contributed by atoms with van der Waals surface area (Å²) in [7, 11) is 0. The summed E-state index contributed by atoms with van der Waals surface area (Å²) in [6.45, 7) is 0.195. The van der Waals surface area contributed by atoms with E-state index in [9.17, 15) is 14.4 Å². The Bertz CT molecular complexity index is 675. The van der Waals surface area contributed by atoms with Gasteiger partial charge >= 0.3 is 0 Å². The number of nitrogens with one attached hydrogen (secondary N) is 1. The number of carbonyl (C=O) groups is 3. The van der Waals surface area contributed by atoms with Crippen molar-refractivity contribution in [1.29, 1.82) is 0 Å². The highest BCUT2D eigenvalue weighted by Gasteiger charge is 2.60. The Balaban J connectivity index is 1.36. The lowest BCUT2D eigenvalue weighted by Crippen LogP contribution is -2.35. The molecule has 2 saturated carbocycles. The molecule has 1 N–H and O–H groups in total. The number of anilines is 1. The van der Waals surface area contributed by atoms with E-state index in [1.165, 1.54) is 4.90 Å². The van der Waals surface area contributed by atoms with Gasteiger partial charge in [0.2, 0.25) is 17.7 Å². The van der Waals surface area contributed by atoms with Crippen molar-refractivity contribution in [1.82, 2.24) is 4.90 Å². The second kappa shape index (κ2) is 6.13. The minimum absolute atomic E-state index is 0.0423. The zero-order valence-corrected chi connectivity index (χ0v) is 15.4. The molecule has 0 spiro atoms. The maximum Gasteiger partial charge on any atom is 0.233 e. The van der Waals surface area contributed by atoms with Gasteiger partial charge in [-0.1, -0.05) is 0 Å². The number of hydrogen-bond acceptors (Lipinski definition) is 3. The van der Waals surface area contributed by atoms with Crippen molar-refractivity contribution in [3.05, 3.63) is 27.8 Å². The molecule has 126 valence electrons. The number of nitrogens with zero attached hydrogens (tertiary/aromatic N) is 1. The number of fused-ring (bicyclic) bond motifs is 5. The van der Waals surface area contributed by atoms with E-state index < -0.39 is 0 Å². The molecule has 1 heterocycles. The number of halogens is 1. The van der Waals surface area contributed by atoms with Crippen LogP contribution in [0.3, 0.4) is 0 Å². The lowest BCUT2D eigenvalue weighted by atomic mass is 9.81. The standard InChI is InChI=1S/C18H19IN2O3/c19-12-3-5-13(6-4-12)20-14(22)7-8-21-17(23)15-10-1-2-11(9-10)16(15)18(21)24/h3-6,10-11,15-16H,1-2,7-9H2,(H,20,22). The predicted molar refractivity (Wildman–Crippen MR) is 96.9 cm³/mol. The summed E-state index contributed by atoms with van der Waals surface area (Å²) in [4.78, 5) is 38.6. The monoisotopic (exact) mass is 438 g/mol. The molecule has 2 aliphatic carbocycles. The quantitative estimate of drug-likeness (QED) is 0.581. The van der Waals surface area contributed by atoms with Crippen molar-refractivity contribution in [3.8, 4) is 0 Å². The minimum Gasteiger partial charge on any atom is -0.326 e. The number of likely N-dealkylation sites (tertiary alicyclic amines) is 1. The van der Waals surface area contributed by atoms with Crippen LogP contribution >= 0.6 is 22.6 Å². The molecule has 1 saturated heterocycles. The molecule has 3 fully saturated rings. The Morgan fingerprint density at radius 1 is 1.08 bits per heavy atom. The third-order valence-corrected chi connectivity index (χ3v) is 6.43. The second-order valence-corrected chi connectivity index (χ2v) is 8.26. The molecular formula is C18H19IN2O3. The van der Waals surface area contributed by atoms with Crippen LogP contribution in [0.1, 0.15) is 25.7 Å². The molecule has 3 amide bonds. The summed E-state index contributed by atoms with van der Waals surface area (Å²) >= 11 is 2.20. The minimum atomic E-state index is -0.170. The largest absolute Gasteiger partial charge is 0.326 e. The summed E-state index contributed by atoms with van der Waals surface area (Å²) in [6.07, 6.45) is 3.34. The van der Waals surface area contributed by atoms with Crippen LogP contribution in [0.25, 0.3) is 0 Å². The van der Waals surface area contributed by atoms with Crippen LogP contribution in [0.15, 0.2) is 24.3 Å². The predicted octanol–water partition coefficient (Wildman–Crippen LogP) is 2.65. The van der Waals surface area contributed by atoms with Crippen molar-refractivity contribution in [2.75, 3.05) is 11.9 Å². The first-order valence-electron chi connectivity index (χ1n) is 8.45. The first-order chi connectivity index (χ1) is 11.5. The van der Waals surface area contributed by atoms with Crippen LogP contribution in [0.4, 0.5) is 5.69 Å². The molecular weight excluding hydrogens is 419 g/mol. The van der Waals surface area contributed by atoms with Crippen molar-refractivity contribution < 1.29 is 14.4 Å². The van der Waals surface area contributed by atoms with E-state index in [0.717, 1.165) is 28.5 Å². The van der Waals surface area contributed by atoms with E-state index in [1.54, 1.807) is 0 Å². The van der Waals surface area contributed by atoms with Gasteiger partial charge in [0.15, 0.2) is 0 Å². The van der Waals surface area contributed by atoms with Crippen LogP contribution < -0.4 is 5.32 Å². The number of rotatable bonds is 4. The van der Waals surface area contributed by atoms with Gasteiger partial charge in [-0.05, 0) is 78.0 Å². The second-order valence-electron chi connectivity index (χ2n) is 7.02. The Morgan fingerprint density at radius 3 is 2.25 bits per heavy atom. The van der Waals surface area contributed by atoms with E-state index in [0.29, 0.717) is 11.8 Å². The summed E-state index contributed by atoms with van der Waals surface area (Å²) in [5, 5.41) is 2.81. The van der Waals surface area contributed by atoms with Gasteiger partial charge in [-0.2, -0.15) is 0 Å². The van der Waals surface area contributed by atoms with Crippen LogP contribution in [0.2, 0.25) is 0 Å². The maximum absolute atomic E-state index is 12.6. The summed E-state index contributed by atoms with van der Waals surface area (Å²) in [5.41, 5.74) is 0.731. The molecule has 3 aliphatic rings. The normalized spacial score (nSPS) is 30.8. The van der Waals surface area contributed by atoms with Crippen molar-refractivity contribution in [2.24, 2.45) is 23.7 Å². The lowest BCUT2D eigenvalue weighted by Gasteiger charge is -2.19. The number of amides is 3. The summed E-state index contributed by atoms with van der Waals surface area (Å²) in [5.74, 6) is 0.325. The molecule has 0 radical (unpaired) electrons. The van der Waals surface area contributed by atoms with Gasteiger partial charge in [0, 0.05) is 22.2 Å². The van der Waals surface area contributed by atoms with E-state index in [2.05, 4.69) is 27.9 Å². The van der Waals surface area contributed by atoms with Gasteiger partial charge in [-0.3, -0.25) is 19.3 Å². The molecule has 6 heteroatoms. The highest BCUT2D eigenvalue weighted by molar-refractivity contribution is 14.1. The fraction of sp³-hybridized carbons (Fsp3) is 0.500. The topological polar surface area (TPSA) is 66.5 Å². The molecule has 2 bridgehead atoms. The summed E-state index contributed by atoms with van der Waals surface area (Å²) in [6, 6.07) is 7.52. The number of imide groups is 1. The Labute approximate surface area is 154 Å². The molecule has 1 aromatic rings. The van der Waals surface area contributed by atoms with Gasteiger partial charge in [0.05, 0.1) is 11.8 Å². The van der Waals surface area contributed by atoms with Crippen molar-refractivity contribution >= 4 is 46.0 Å². The zero-order valence-electron chi connectivity index (χ0n) is 13.2. The molecule has 1 aliphatic heterocycles. The SMILES string of the molecule is O=C(CCN1C(=O)C2C3CCC(C3)C2C1=O)Nc1ccc(I)cc1. The molecule has 0 aromatic heterocycles. The fourth-order valence-electron chi connectivity index (χ4n) is 4.66. The van der Waals surface area contributed by atoms with Gasteiger partial charge in [0.1, 0.15) is 0 Å².